The van der Waals surface area contributed by atoms with E-state index in [9.17, 15) is 0 Å². The minimum absolute atomic E-state index is 0.550. The molecule has 0 amide bonds. The zero-order chi connectivity index (χ0) is 14.1. The molecule has 1 N–H and O–H groups in total. The highest BCUT2D eigenvalue weighted by Gasteiger charge is 2.32. The molecule has 0 spiro atoms. The Kier molecular flexibility index (Phi) is 4.29. The Labute approximate surface area is 133 Å². The highest BCUT2D eigenvalue weighted by Crippen LogP contribution is 2.44. The van der Waals surface area contributed by atoms with Crippen molar-refractivity contribution >= 4 is 27.3 Å². The van der Waals surface area contributed by atoms with Crippen LogP contribution in [0, 0.1) is 5.92 Å². The molecule has 1 aliphatic rings. The van der Waals surface area contributed by atoms with Gasteiger partial charge in [-0.25, -0.2) is 0 Å². The normalized spacial score (nSPS) is 16.4. The van der Waals surface area contributed by atoms with Gasteiger partial charge in [-0.15, -0.1) is 11.3 Å². The van der Waals surface area contributed by atoms with Gasteiger partial charge < -0.3 is 5.32 Å². The maximum absolute atomic E-state index is 3.57. The molecule has 106 valence electrons. The van der Waals surface area contributed by atoms with Crippen molar-refractivity contribution in [1.29, 1.82) is 0 Å². The number of nitrogens with one attached hydrogen (secondary N) is 1. The fraction of sp³-hybridized carbons (Fsp3) is 0.412. The molecule has 1 fully saturated rings. The molecular formula is C17H20BrNS. The first kappa shape index (κ1) is 14.3. The fourth-order valence-electron chi connectivity index (χ4n) is 2.80. The first-order valence-corrected chi connectivity index (χ1v) is 8.89. The Morgan fingerprint density at radius 3 is 2.75 bits per heavy atom. The lowest BCUT2D eigenvalue weighted by Crippen LogP contribution is -2.16. The van der Waals surface area contributed by atoms with Crippen molar-refractivity contribution in [2.24, 2.45) is 5.92 Å². The maximum atomic E-state index is 3.57. The molecule has 1 unspecified atom stereocenters. The van der Waals surface area contributed by atoms with E-state index >= 15 is 0 Å². The average Bonchev–Trinajstić information content (AvgIpc) is 3.17. The van der Waals surface area contributed by atoms with Gasteiger partial charge in [0.05, 0.1) is 0 Å². The zero-order valence-corrected chi connectivity index (χ0v) is 14.4. The third kappa shape index (κ3) is 2.85. The van der Waals surface area contributed by atoms with Crippen LogP contribution < -0.4 is 5.32 Å². The van der Waals surface area contributed by atoms with E-state index in [2.05, 4.69) is 65.5 Å². The molecular weight excluding hydrogens is 330 g/mol. The average molecular weight is 350 g/mol. The number of aryl methyl sites for hydroxylation is 1. The van der Waals surface area contributed by atoms with Crippen LogP contribution in [0.1, 0.15) is 36.2 Å². The van der Waals surface area contributed by atoms with E-state index in [0.717, 1.165) is 12.3 Å². The van der Waals surface area contributed by atoms with Crippen LogP contribution in [-0.2, 0) is 6.42 Å². The summed E-state index contributed by atoms with van der Waals surface area (Å²) < 4.78 is 1.17. The Morgan fingerprint density at radius 1 is 1.30 bits per heavy atom. The van der Waals surface area contributed by atoms with Crippen molar-refractivity contribution < 1.29 is 0 Å². The molecule has 1 aromatic carbocycles. The van der Waals surface area contributed by atoms with Gasteiger partial charge in [0.25, 0.3) is 0 Å². The summed E-state index contributed by atoms with van der Waals surface area (Å²) in [6.45, 7) is 2.22. The van der Waals surface area contributed by atoms with E-state index in [4.69, 9.17) is 0 Å². The first-order chi connectivity index (χ1) is 9.72. The van der Waals surface area contributed by atoms with Crippen LogP contribution in [0.15, 0.2) is 34.8 Å². The molecule has 1 aliphatic carbocycles. The number of rotatable bonds is 5. The number of thiophene rings is 1. The minimum atomic E-state index is 0.550. The third-order valence-corrected chi connectivity index (χ3v) is 5.75. The molecule has 0 bridgehead atoms. The summed E-state index contributed by atoms with van der Waals surface area (Å²) in [6, 6.07) is 11.8. The van der Waals surface area contributed by atoms with Crippen LogP contribution in [0.4, 0.5) is 0 Å². The van der Waals surface area contributed by atoms with Crippen LogP contribution in [0.2, 0.25) is 0 Å². The number of hydrogen-bond acceptors (Lipinski definition) is 2. The Bertz CT molecular complexity index is 601. The predicted octanol–water partition coefficient (Wildman–Crippen LogP) is 5.41. The molecule has 3 rings (SSSR count). The molecule has 0 radical (unpaired) electrons. The summed E-state index contributed by atoms with van der Waals surface area (Å²) in [4.78, 5) is 2.88. The van der Waals surface area contributed by atoms with Crippen LogP contribution in [0.5, 0.6) is 0 Å². The van der Waals surface area contributed by atoms with Gasteiger partial charge >= 0.3 is 0 Å². The van der Waals surface area contributed by atoms with E-state index in [1.807, 2.05) is 11.3 Å². The fourth-order valence-corrected chi connectivity index (χ4v) is 4.48. The van der Waals surface area contributed by atoms with Gasteiger partial charge in [-0.3, -0.25) is 0 Å². The standard InChI is InChI=1S/C17H20BrNS/c1-3-11-10-13(18)6-7-14(11)15-8-9-16(20-15)17(19-2)12-4-5-12/h6-10,12,17,19H,3-5H2,1-2H3. The van der Waals surface area contributed by atoms with Crippen LogP contribution in [0.25, 0.3) is 10.4 Å². The first-order valence-electron chi connectivity index (χ1n) is 7.28. The topological polar surface area (TPSA) is 12.0 Å². The molecule has 3 heteroatoms. The van der Waals surface area contributed by atoms with E-state index in [1.165, 1.54) is 38.2 Å². The zero-order valence-electron chi connectivity index (χ0n) is 11.9. The lowest BCUT2D eigenvalue weighted by Gasteiger charge is -2.13. The molecule has 2 aromatic rings. The summed E-state index contributed by atoms with van der Waals surface area (Å²) in [5.41, 5.74) is 2.80. The van der Waals surface area contributed by atoms with Crippen molar-refractivity contribution in [2.45, 2.75) is 32.2 Å². The number of hydrogen-bond donors (Lipinski definition) is 1. The minimum Gasteiger partial charge on any atom is -0.312 e. The Morgan fingerprint density at radius 2 is 2.10 bits per heavy atom. The number of benzene rings is 1. The molecule has 1 nitrogen and oxygen atoms in total. The van der Waals surface area contributed by atoms with Crippen LogP contribution in [-0.4, -0.2) is 7.05 Å². The number of halogens is 1. The summed E-state index contributed by atoms with van der Waals surface area (Å²) in [6.07, 6.45) is 3.81. The summed E-state index contributed by atoms with van der Waals surface area (Å²) in [5, 5.41) is 3.49. The van der Waals surface area contributed by atoms with Gasteiger partial charge in [0.1, 0.15) is 0 Å². The molecule has 0 aliphatic heterocycles. The largest absolute Gasteiger partial charge is 0.312 e. The van der Waals surface area contributed by atoms with Crippen molar-refractivity contribution in [3.8, 4) is 10.4 Å². The van der Waals surface area contributed by atoms with Crippen molar-refractivity contribution in [1.82, 2.24) is 5.32 Å². The van der Waals surface area contributed by atoms with Crippen molar-refractivity contribution in [2.75, 3.05) is 7.05 Å². The highest BCUT2D eigenvalue weighted by atomic mass is 79.9. The smallest absolute Gasteiger partial charge is 0.0441 e. The molecule has 1 saturated carbocycles. The Hall–Kier alpha value is -0.640. The van der Waals surface area contributed by atoms with E-state index in [1.54, 1.807) is 0 Å². The molecule has 1 aromatic heterocycles. The highest BCUT2D eigenvalue weighted by molar-refractivity contribution is 9.10. The second-order valence-electron chi connectivity index (χ2n) is 5.46. The molecule has 0 saturated heterocycles. The molecule has 1 heterocycles. The van der Waals surface area contributed by atoms with E-state index in [-0.39, 0.29) is 0 Å². The van der Waals surface area contributed by atoms with Gasteiger partial charge in [-0.05, 0) is 67.6 Å². The van der Waals surface area contributed by atoms with Gasteiger partial charge in [-0.2, -0.15) is 0 Å². The van der Waals surface area contributed by atoms with Crippen LogP contribution >= 0.6 is 27.3 Å². The van der Waals surface area contributed by atoms with Gasteiger partial charge in [0.2, 0.25) is 0 Å². The second kappa shape index (κ2) is 6.00. The van der Waals surface area contributed by atoms with Crippen molar-refractivity contribution in [3.63, 3.8) is 0 Å². The van der Waals surface area contributed by atoms with E-state index < -0.39 is 0 Å². The second-order valence-corrected chi connectivity index (χ2v) is 7.49. The third-order valence-electron chi connectivity index (χ3n) is 4.05. The Balaban J connectivity index is 1.93. The summed E-state index contributed by atoms with van der Waals surface area (Å²) >= 11 is 5.51. The SMILES string of the molecule is CCc1cc(Br)ccc1-c1ccc(C(NC)C2CC2)s1. The summed E-state index contributed by atoms with van der Waals surface area (Å²) in [5.74, 6) is 0.849. The van der Waals surface area contributed by atoms with Gasteiger partial charge in [0.15, 0.2) is 0 Å². The quantitative estimate of drug-likeness (QED) is 0.760. The van der Waals surface area contributed by atoms with Crippen LogP contribution in [0.3, 0.4) is 0 Å². The predicted molar refractivity (Wildman–Crippen MR) is 91.4 cm³/mol. The van der Waals surface area contributed by atoms with E-state index in [0.29, 0.717) is 6.04 Å². The lowest BCUT2D eigenvalue weighted by atomic mass is 10.0. The van der Waals surface area contributed by atoms with Gasteiger partial charge in [-0.1, -0.05) is 28.9 Å². The molecule has 20 heavy (non-hydrogen) atoms. The van der Waals surface area contributed by atoms with Gasteiger partial charge in [0, 0.05) is 20.3 Å². The van der Waals surface area contributed by atoms with Crippen molar-refractivity contribution in [3.05, 3.63) is 45.2 Å². The molecule has 1 atom stereocenters. The maximum Gasteiger partial charge on any atom is 0.0441 e. The summed E-state index contributed by atoms with van der Waals surface area (Å²) in [7, 11) is 2.08. The monoisotopic (exact) mass is 349 g/mol. The lowest BCUT2D eigenvalue weighted by molar-refractivity contribution is 0.537.